The maximum Gasteiger partial charge on any atom is 0.482 e. The summed E-state index contributed by atoms with van der Waals surface area (Å²) in [6, 6.07) is 38.9. The van der Waals surface area contributed by atoms with Gasteiger partial charge in [-0.05, 0) is 155 Å². The van der Waals surface area contributed by atoms with Gasteiger partial charge in [0.2, 0.25) is 0 Å². The largest absolute Gasteiger partial charge is 0.497 e. The van der Waals surface area contributed by atoms with Crippen LogP contribution in [0.15, 0.2) is 150 Å². The average Bonchev–Trinajstić information content (AvgIpc) is 1.65. The van der Waals surface area contributed by atoms with E-state index in [1.54, 1.807) is 147 Å². The Morgan fingerprint density at radius 1 is 0.711 bits per heavy atom. The molecule has 6 aromatic carbocycles. The van der Waals surface area contributed by atoms with Crippen LogP contribution in [0.3, 0.4) is 0 Å². The number of rotatable bonds is 26. The minimum atomic E-state index is -1.68. The number of benzene rings is 6. The van der Waals surface area contributed by atoms with E-state index in [1.807, 2.05) is 36.4 Å². The number of anilines is 1. The number of hydrogen-bond donors (Lipinski definition) is 3. The van der Waals surface area contributed by atoms with Crippen LogP contribution in [0, 0.1) is 17.3 Å². The van der Waals surface area contributed by atoms with Crippen LogP contribution in [0.4, 0.5) is 9.93 Å². The first-order valence-corrected chi connectivity index (χ1v) is 33.1. The van der Waals surface area contributed by atoms with E-state index >= 15 is 14.4 Å². The molecule has 3 aliphatic carbocycles. The van der Waals surface area contributed by atoms with Crippen LogP contribution < -0.4 is 39.6 Å². The molecule has 6 atom stereocenters. The SMILES string of the molecule is COc1ccc(COc2ccc(C(=O)N[C@@H](CO/N=C(\C(=O)N[C@@H](Cc3cccc(C(=O)OC(C)(C)C)c3OC)B3O[C@@H]4CC5C[C@@H](C5(C)C)[C@]4(C)O3)c3csc(NC(=O)OC(C)(C)C)n3)C(=O)OC(c3ccccc3)c3ccccc3)c(Cl)c2OCc2ccc(OC)cc2)cc1. The summed E-state index contributed by atoms with van der Waals surface area (Å²) in [5.41, 5.74) is 0.345. The van der Waals surface area contributed by atoms with Gasteiger partial charge in [0.15, 0.2) is 34.5 Å². The van der Waals surface area contributed by atoms with Crippen LogP contribution >= 0.6 is 22.9 Å². The molecule has 3 saturated carbocycles. The highest BCUT2D eigenvalue weighted by atomic mass is 35.5. The van der Waals surface area contributed by atoms with Crippen molar-refractivity contribution in [2.75, 3.05) is 33.3 Å². The third-order valence-corrected chi connectivity index (χ3v) is 18.5. The zero-order chi connectivity index (χ0) is 69.4. The van der Waals surface area contributed by atoms with Crippen molar-refractivity contribution in [3.8, 4) is 28.7 Å². The van der Waals surface area contributed by atoms with Gasteiger partial charge in [0.05, 0.1) is 49.6 Å². The Kier molecular flexibility index (Phi) is 21.9. The predicted molar refractivity (Wildman–Crippen MR) is 367 cm³/mol. The summed E-state index contributed by atoms with van der Waals surface area (Å²) < 4.78 is 60.9. The Labute approximate surface area is 574 Å². The highest BCUT2D eigenvalue weighted by Crippen LogP contribution is 2.66. The summed E-state index contributed by atoms with van der Waals surface area (Å²) in [6.07, 6.45) is -0.446. The Bertz CT molecular complexity index is 3940. The number of halogens is 1. The number of amides is 3. The van der Waals surface area contributed by atoms with Gasteiger partial charge in [-0.3, -0.25) is 14.9 Å². The molecule has 0 radical (unpaired) electrons. The maximum atomic E-state index is 15.5. The molecule has 3 N–H and O–H groups in total. The number of ether oxygens (including phenoxy) is 8. The van der Waals surface area contributed by atoms with Crippen LogP contribution in [0.25, 0.3) is 0 Å². The number of nitrogens with zero attached hydrogens (tertiary/aromatic N) is 2. The van der Waals surface area contributed by atoms with Crippen molar-refractivity contribution in [1.82, 2.24) is 15.6 Å². The van der Waals surface area contributed by atoms with Crippen molar-refractivity contribution in [3.63, 3.8) is 0 Å². The molecule has 1 aliphatic heterocycles. The molecule has 2 bridgehead atoms. The molecular formula is C73H81BClN5O16S. The van der Waals surface area contributed by atoms with E-state index in [2.05, 4.69) is 46.9 Å². The van der Waals surface area contributed by atoms with Crippen LogP contribution in [-0.4, -0.2) is 110 Å². The van der Waals surface area contributed by atoms with Crippen molar-refractivity contribution in [1.29, 1.82) is 0 Å². The lowest BCUT2D eigenvalue weighted by Crippen LogP contribution is -2.65. The van der Waals surface area contributed by atoms with E-state index in [0.717, 1.165) is 35.3 Å². The maximum absolute atomic E-state index is 15.5. The van der Waals surface area contributed by atoms with Gasteiger partial charge in [0.25, 0.3) is 11.8 Å². The number of thiazole rings is 1. The second kappa shape index (κ2) is 30.1. The Hall–Kier alpha value is -9.16. The smallest absolute Gasteiger partial charge is 0.482 e. The van der Waals surface area contributed by atoms with Crippen LogP contribution in [0.1, 0.15) is 135 Å². The quantitative estimate of drug-likeness (QED) is 0.0150. The molecule has 2 heterocycles. The summed E-state index contributed by atoms with van der Waals surface area (Å²) in [4.78, 5) is 83.3. The van der Waals surface area contributed by atoms with Crippen LogP contribution in [0.2, 0.25) is 5.02 Å². The van der Waals surface area contributed by atoms with Crippen molar-refractivity contribution in [2.45, 2.75) is 136 Å². The lowest BCUT2D eigenvalue weighted by atomic mass is 9.43. The molecule has 1 aromatic heterocycles. The molecule has 4 fully saturated rings. The first kappa shape index (κ1) is 70.6. The van der Waals surface area contributed by atoms with Gasteiger partial charge in [-0.25, -0.2) is 19.4 Å². The Morgan fingerprint density at radius 2 is 1.33 bits per heavy atom. The van der Waals surface area contributed by atoms with E-state index in [9.17, 15) is 9.59 Å². The van der Waals surface area contributed by atoms with Gasteiger partial charge in [0, 0.05) is 5.38 Å². The van der Waals surface area contributed by atoms with Gasteiger partial charge in [-0.1, -0.05) is 128 Å². The molecule has 0 spiro atoms. The Balaban J connectivity index is 1.01. The van der Waals surface area contributed by atoms with Crippen LogP contribution in [-0.2, 0) is 57.6 Å². The second-order valence-corrected chi connectivity index (χ2v) is 27.9. The summed E-state index contributed by atoms with van der Waals surface area (Å²) in [5.74, 6) is -2.05. The van der Waals surface area contributed by atoms with Crippen LogP contribution in [0.5, 0.6) is 28.7 Å². The lowest BCUT2D eigenvalue weighted by molar-refractivity contribution is -0.199. The molecular weight excluding hydrogens is 1280 g/mol. The number of hydrogen-bond acceptors (Lipinski definition) is 19. The van der Waals surface area contributed by atoms with Crippen molar-refractivity contribution < 1.29 is 76.0 Å². The number of aromatic nitrogens is 1. The number of carbonyl (C=O) groups excluding carboxylic acids is 5. The fourth-order valence-corrected chi connectivity index (χ4v) is 13.3. The van der Waals surface area contributed by atoms with Crippen molar-refractivity contribution in [3.05, 3.63) is 195 Å². The number of esters is 2. The molecule has 1 saturated heterocycles. The number of carbonyl (C=O) groups is 5. The van der Waals surface area contributed by atoms with E-state index < -0.39 is 84.2 Å². The molecule has 21 nitrogen and oxygen atoms in total. The fourth-order valence-electron chi connectivity index (χ4n) is 12.4. The van der Waals surface area contributed by atoms with Gasteiger partial charge < -0.3 is 62.7 Å². The zero-order valence-corrected chi connectivity index (χ0v) is 57.9. The van der Waals surface area contributed by atoms with E-state index in [0.29, 0.717) is 34.1 Å². The monoisotopic (exact) mass is 1360 g/mol. The zero-order valence-electron chi connectivity index (χ0n) is 56.4. The topological polar surface area (TPSA) is 248 Å². The molecule has 4 aliphatic rings. The second-order valence-electron chi connectivity index (χ2n) is 26.7. The lowest BCUT2D eigenvalue weighted by Gasteiger charge is -2.64. The molecule has 1 unspecified atom stereocenters. The summed E-state index contributed by atoms with van der Waals surface area (Å²) in [7, 11) is 3.52. The molecule has 24 heteroatoms. The number of methoxy groups -OCH3 is 3. The minimum Gasteiger partial charge on any atom is -0.497 e. The molecule has 97 heavy (non-hydrogen) atoms. The van der Waals surface area contributed by atoms with Crippen molar-refractivity contribution >= 4 is 70.7 Å². The normalized spacial score (nSPS) is 18.4. The highest BCUT2D eigenvalue weighted by molar-refractivity contribution is 7.14. The molecule has 11 rings (SSSR count). The van der Waals surface area contributed by atoms with E-state index in [1.165, 1.54) is 24.6 Å². The first-order valence-electron chi connectivity index (χ1n) is 31.9. The highest BCUT2D eigenvalue weighted by Gasteiger charge is 2.68. The summed E-state index contributed by atoms with van der Waals surface area (Å²) >= 11 is 8.20. The standard InChI is InChI=1S/C73H81BClN5O16S/c1-70(2,3)93-66(83)52-25-19-24-47(62(52)88-12)36-58(74-95-57-38-48-37-56(72(48,7)8)73(57,9)96-74)78-65(82)60(54-42-97-68(77-54)79-69(85)94-71(4,5)6)80-91-41-53(67(84)92-61(45-20-15-13-16-21-45)46-22-17-14-18-23-46)76-64(81)51-34-35-55(89-39-43-26-30-49(86-10)31-27-43)63(59(51)75)90-40-44-28-32-50(87-11)33-29-44/h13-35,42,48,53,56-58,61H,36-41H2,1-12H3,(H,76,81)(H,78,82)(H,77,79,85)/b80-60-/t48?,53-,56-,57+,58-,73-/m0/s1. The molecule has 510 valence electrons. The van der Waals surface area contributed by atoms with Crippen molar-refractivity contribution in [2.24, 2.45) is 22.4 Å². The number of nitrogens with one attached hydrogen (secondary N) is 3. The first-order chi connectivity index (χ1) is 46.2. The van der Waals surface area contributed by atoms with Gasteiger partial charge >= 0.3 is 25.2 Å². The Morgan fingerprint density at radius 3 is 1.92 bits per heavy atom. The number of para-hydroxylation sites is 1. The molecule has 3 amide bonds. The summed E-state index contributed by atoms with van der Waals surface area (Å²) in [5, 5.41) is 14.3. The third-order valence-electron chi connectivity index (χ3n) is 17.4. The predicted octanol–water partition coefficient (Wildman–Crippen LogP) is 13.1. The van der Waals surface area contributed by atoms with Gasteiger partial charge in [0.1, 0.15) is 59.5 Å². The van der Waals surface area contributed by atoms with Gasteiger partial charge in [-0.15, -0.1) is 11.3 Å². The van der Waals surface area contributed by atoms with E-state index in [-0.39, 0.29) is 81.3 Å². The minimum absolute atomic E-state index is 0.00163. The third kappa shape index (κ3) is 17.0. The van der Waals surface area contributed by atoms with E-state index in [4.69, 9.17) is 63.6 Å². The summed E-state index contributed by atoms with van der Waals surface area (Å²) in [6.45, 7) is 16.3. The average molecular weight is 1360 g/mol. The van der Waals surface area contributed by atoms with Gasteiger partial charge in [-0.2, -0.15) is 0 Å². The fraction of sp³-hybridized carbons (Fsp3) is 0.384. The number of oxime groups is 1. The molecule has 7 aromatic rings.